The van der Waals surface area contributed by atoms with Gasteiger partial charge in [-0.25, -0.2) is 0 Å². The third kappa shape index (κ3) is 2.31. The fourth-order valence-corrected chi connectivity index (χ4v) is 2.56. The average Bonchev–Trinajstić information content (AvgIpc) is 2.24. The number of ketones is 1. The van der Waals surface area contributed by atoms with Crippen LogP contribution in [0.1, 0.15) is 45.4 Å². The molecule has 0 aromatic carbocycles. The Hall–Kier alpha value is -0.630. The highest BCUT2D eigenvalue weighted by molar-refractivity contribution is 5.91. The Kier molecular flexibility index (Phi) is 3.25. The molecule has 1 atom stereocenters. The van der Waals surface area contributed by atoms with Crippen LogP contribution in [0.3, 0.4) is 0 Å². The molecule has 1 aliphatic heterocycles. The molecule has 0 radical (unpaired) electrons. The van der Waals surface area contributed by atoms with Crippen molar-refractivity contribution in [2.24, 2.45) is 5.92 Å². The van der Waals surface area contributed by atoms with Crippen LogP contribution in [0.4, 0.5) is 0 Å². The van der Waals surface area contributed by atoms with Gasteiger partial charge in [0.05, 0.1) is 5.60 Å². The molecule has 2 rings (SSSR count). The van der Waals surface area contributed by atoms with Crippen LogP contribution in [-0.4, -0.2) is 18.0 Å². The Labute approximate surface area is 91.7 Å². The van der Waals surface area contributed by atoms with Gasteiger partial charge >= 0.3 is 0 Å². The number of hydrogen-bond acceptors (Lipinski definition) is 2. The first-order valence-corrected chi connectivity index (χ1v) is 6.10. The van der Waals surface area contributed by atoms with E-state index >= 15 is 0 Å². The maximum Gasteiger partial charge on any atom is 0.158 e. The summed E-state index contributed by atoms with van der Waals surface area (Å²) in [4.78, 5) is 11.8. The second kappa shape index (κ2) is 4.48. The lowest BCUT2D eigenvalue weighted by Crippen LogP contribution is -2.46. The van der Waals surface area contributed by atoms with Gasteiger partial charge in [0, 0.05) is 12.5 Å². The quantitative estimate of drug-likeness (QED) is 0.667. The number of hydrogen-bond donors (Lipinski definition) is 0. The van der Waals surface area contributed by atoms with E-state index in [1.807, 2.05) is 6.08 Å². The minimum absolute atomic E-state index is 0.0959. The zero-order valence-corrected chi connectivity index (χ0v) is 9.50. The minimum Gasteiger partial charge on any atom is -0.375 e. The Morgan fingerprint density at radius 2 is 2.33 bits per heavy atom. The number of allylic oxidation sites excluding steroid dienone is 2. The highest BCUT2D eigenvalue weighted by Crippen LogP contribution is 2.44. The van der Waals surface area contributed by atoms with Crippen molar-refractivity contribution in [3.8, 4) is 0 Å². The monoisotopic (exact) mass is 208 g/mol. The van der Waals surface area contributed by atoms with Gasteiger partial charge in [0.15, 0.2) is 5.78 Å². The second-order valence-electron chi connectivity index (χ2n) is 4.79. The van der Waals surface area contributed by atoms with Gasteiger partial charge in [0.25, 0.3) is 0 Å². The van der Waals surface area contributed by atoms with Crippen LogP contribution in [0.15, 0.2) is 12.2 Å². The van der Waals surface area contributed by atoms with Crippen LogP contribution < -0.4 is 0 Å². The number of carbonyl (C=O) groups is 1. The van der Waals surface area contributed by atoms with E-state index in [0.717, 1.165) is 38.7 Å². The fourth-order valence-electron chi connectivity index (χ4n) is 2.56. The fraction of sp³-hybridized carbons (Fsp3) is 0.769. The topological polar surface area (TPSA) is 26.3 Å². The number of ether oxygens (including phenoxy) is 1. The first-order valence-electron chi connectivity index (χ1n) is 6.10. The maximum atomic E-state index is 11.8. The van der Waals surface area contributed by atoms with Gasteiger partial charge in [-0.05, 0) is 44.6 Å². The second-order valence-corrected chi connectivity index (χ2v) is 4.79. The number of rotatable bonds is 3. The number of carbonyl (C=O) groups excluding carboxylic acids is 1. The first-order chi connectivity index (χ1) is 7.26. The molecule has 0 amide bonds. The molecule has 0 N–H and O–H groups in total. The molecule has 1 unspecified atom stereocenters. The predicted octanol–water partition coefficient (Wildman–Crippen LogP) is 2.87. The summed E-state index contributed by atoms with van der Waals surface area (Å²) in [5.74, 6) is 0.535. The normalized spacial score (nSPS) is 29.3. The maximum absolute atomic E-state index is 11.8. The van der Waals surface area contributed by atoms with Crippen molar-refractivity contribution in [2.45, 2.75) is 51.0 Å². The summed E-state index contributed by atoms with van der Waals surface area (Å²) in [6.45, 7) is 2.83. The third-order valence-electron chi connectivity index (χ3n) is 3.68. The highest BCUT2D eigenvalue weighted by atomic mass is 16.5. The Balaban J connectivity index is 1.92. The van der Waals surface area contributed by atoms with Crippen molar-refractivity contribution in [1.82, 2.24) is 0 Å². The van der Waals surface area contributed by atoms with Crippen molar-refractivity contribution in [1.29, 1.82) is 0 Å². The molecule has 2 nitrogen and oxygen atoms in total. The summed E-state index contributed by atoms with van der Waals surface area (Å²) < 4.78 is 5.81. The largest absolute Gasteiger partial charge is 0.375 e. The van der Waals surface area contributed by atoms with Crippen LogP contribution in [0.2, 0.25) is 0 Å². The summed E-state index contributed by atoms with van der Waals surface area (Å²) in [5, 5.41) is 0. The molecule has 1 saturated heterocycles. The molecule has 2 fully saturated rings. The summed E-state index contributed by atoms with van der Waals surface area (Å²) in [6.07, 6.45) is 10.1. The molecule has 1 heterocycles. The lowest BCUT2D eigenvalue weighted by molar-refractivity contribution is -0.153. The van der Waals surface area contributed by atoms with Crippen molar-refractivity contribution in [3.05, 3.63) is 12.2 Å². The molecular weight excluding hydrogens is 188 g/mol. The molecule has 0 aromatic rings. The molecule has 0 bridgehead atoms. The molecule has 0 aromatic heterocycles. The third-order valence-corrected chi connectivity index (χ3v) is 3.68. The van der Waals surface area contributed by atoms with E-state index in [0.29, 0.717) is 5.78 Å². The zero-order valence-electron chi connectivity index (χ0n) is 9.50. The first kappa shape index (κ1) is 10.9. The molecule has 1 aliphatic carbocycles. The Morgan fingerprint density at radius 3 is 2.93 bits per heavy atom. The molecule has 2 aliphatic rings. The van der Waals surface area contributed by atoms with Crippen LogP contribution in [0.25, 0.3) is 0 Å². The van der Waals surface area contributed by atoms with E-state index in [4.69, 9.17) is 4.74 Å². The summed E-state index contributed by atoms with van der Waals surface area (Å²) in [6, 6.07) is 0. The van der Waals surface area contributed by atoms with E-state index in [9.17, 15) is 4.79 Å². The van der Waals surface area contributed by atoms with Gasteiger partial charge in [-0.15, -0.1) is 0 Å². The van der Waals surface area contributed by atoms with E-state index in [2.05, 4.69) is 6.92 Å². The van der Waals surface area contributed by atoms with Crippen LogP contribution >= 0.6 is 0 Å². The molecular formula is C13H20O2. The van der Waals surface area contributed by atoms with Gasteiger partial charge in [-0.3, -0.25) is 4.79 Å². The smallest absolute Gasteiger partial charge is 0.158 e. The molecule has 84 valence electrons. The molecule has 1 spiro atoms. The van der Waals surface area contributed by atoms with Gasteiger partial charge in [0.1, 0.15) is 0 Å². The summed E-state index contributed by atoms with van der Waals surface area (Å²) >= 11 is 0. The van der Waals surface area contributed by atoms with Gasteiger partial charge in [0.2, 0.25) is 0 Å². The molecule has 2 heteroatoms. The Bertz CT molecular complexity index is 264. The van der Waals surface area contributed by atoms with E-state index in [1.54, 1.807) is 6.08 Å². The van der Waals surface area contributed by atoms with Crippen molar-refractivity contribution in [3.63, 3.8) is 0 Å². The summed E-state index contributed by atoms with van der Waals surface area (Å²) in [7, 11) is 0. The molecule has 1 saturated carbocycles. The lowest BCUT2D eigenvalue weighted by Gasteiger charge is -2.46. The molecule has 15 heavy (non-hydrogen) atoms. The minimum atomic E-state index is 0.0959. The van der Waals surface area contributed by atoms with Gasteiger partial charge in [-0.1, -0.05) is 13.0 Å². The van der Waals surface area contributed by atoms with Crippen molar-refractivity contribution >= 4 is 5.78 Å². The zero-order chi connectivity index (χ0) is 10.7. The van der Waals surface area contributed by atoms with Crippen molar-refractivity contribution < 1.29 is 9.53 Å². The summed E-state index contributed by atoms with van der Waals surface area (Å²) in [5.41, 5.74) is 0.0959. The van der Waals surface area contributed by atoms with Gasteiger partial charge in [-0.2, -0.15) is 0 Å². The highest BCUT2D eigenvalue weighted by Gasteiger charge is 2.43. The van der Waals surface area contributed by atoms with Crippen molar-refractivity contribution in [2.75, 3.05) is 6.61 Å². The van der Waals surface area contributed by atoms with E-state index in [-0.39, 0.29) is 11.5 Å². The Morgan fingerprint density at radius 1 is 1.53 bits per heavy atom. The predicted molar refractivity (Wildman–Crippen MR) is 59.7 cm³/mol. The van der Waals surface area contributed by atoms with Gasteiger partial charge < -0.3 is 4.74 Å². The van der Waals surface area contributed by atoms with Crippen LogP contribution in [-0.2, 0) is 9.53 Å². The van der Waals surface area contributed by atoms with E-state index < -0.39 is 0 Å². The standard InChI is InChI=1S/C13H20O2/c1-2-3-5-12(14)11-6-9-15-13(10-11)7-4-8-13/h3,5,11H,2,4,6-10H2,1H3/b5-3+. The average molecular weight is 208 g/mol. The SMILES string of the molecule is CC/C=C/C(=O)C1CCOC2(CCC2)C1. The van der Waals surface area contributed by atoms with E-state index in [1.165, 1.54) is 6.42 Å². The van der Waals surface area contributed by atoms with Crippen LogP contribution in [0, 0.1) is 5.92 Å². The lowest BCUT2D eigenvalue weighted by atomic mass is 9.71. The van der Waals surface area contributed by atoms with Crippen LogP contribution in [0.5, 0.6) is 0 Å².